The molecule has 2 heterocycles. The molecule has 186 valence electrons. The Hall–Kier alpha value is -2.98. The summed E-state index contributed by atoms with van der Waals surface area (Å²) >= 11 is 0. The van der Waals surface area contributed by atoms with Crippen LogP contribution in [0.3, 0.4) is 0 Å². The second kappa shape index (κ2) is 13.0. The van der Waals surface area contributed by atoms with Crippen molar-refractivity contribution in [3.8, 4) is 5.75 Å². The van der Waals surface area contributed by atoms with Crippen LogP contribution in [0.25, 0.3) is 0 Å². The molecule has 0 aliphatic carbocycles. The van der Waals surface area contributed by atoms with E-state index in [2.05, 4.69) is 10.6 Å². The Kier molecular flexibility index (Phi) is 10.5. The van der Waals surface area contributed by atoms with Crippen LogP contribution < -0.4 is 21.1 Å². The van der Waals surface area contributed by atoms with E-state index in [0.29, 0.717) is 6.54 Å². The lowest BCUT2D eigenvalue weighted by molar-refractivity contribution is -0.136. The lowest BCUT2D eigenvalue weighted by Crippen LogP contribution is -2.54. The summed E-state index contributed by atoms with van der Waals surface area (Å²) in [7, 11) is 0. The number of fused-ring (bicyclic) bond motifs is 1. The summed E-state index contributed by atoms with van der Waals surface area (Å²) in [6.45, 7) is 0.953. The summed E-state index contributed by atoms with van der Waals surface area (Å²) in [5.74, 6) is -2.62. The van der Waals surface area contributed by atoms with Crippen molar-refractivity contribution in [3.63, 3.8) is 0 Å². The number of rotatable bonds is 12. The molecule has 2 aliphatic heterocycles. The summed E-state index contributed by atoms with van der Waals surface area (Å²) in [6.07, 6.45) is 6.39. The molecule has 0 saturated carbocycles. The van der Waals surface area contributed by atoms with E-state index in [1.54, 1.807) is 6.07 Å². The fourth-order valence-electron chi connectivity index (χ4n) is 4.00. The molecule has 1 aromatic rings. The third kappa shape index (κ3) is 6.54. The van der Waals surface area contributed by atoms with Gasteiger partial charge in [0.1, 0.15) is 11.8 Å². The van der Waals surface area contributed by atoms with Gasteiger partial charge in [0, 0.05) is 13.0 Å². The zero-order valence-electron chi connectivity index (χ0n) is 19.0. The number of unbranched alkanes of at least 4 members (excludes halogenated alkanes) is 5. The first-order valence-electron chi connectivity index (χ1n) is 11.4. The standard InChI is InChI=1S/C23H30N4O6.ClH/c24-12-5-3-1-2-4-6-13-25-19(29)14-33-17-9-7-8-15-20(17)23(32)27(22(15)31)16-10-11-18(28)26-21(16)30;/h7-9,16H,1-6,10-14,24H2,(H,25,29)(H,26,28,30);1H. The van der Waals surface area contributed by atoms with Crippen LogP contribution in [-0.4, -0.2) is 60.2 Å². The highest BCUT2D eigenvalue weighted by molar-refractivity contribution is 6.24. The maximum atomic E-state index is 13.0. The van der Waals surface area contributed by atoms with Crippen LogP contribution in [0.2, 0.25) is 0 Å². The number of nitrogens with one attached hydrogen (secondary N) is 2. The summed E-state index contributed by atoms with van der Waals surface area (Å²) in [6, 6.07) is 3.48. The van der Waals surface area contributed by atoms with E-state index in [9.17, 15) is 24.0 Å². The first kappa shape index (κ1) is 27.3. The maximum absolute atomic E-state index is 13.0. The van der Waals surface area contributed by atoms with Gasteiger partial charge in [-0.25, -0.2) is 0 Å². The van der Waals surface area contributed by atoms with Crippen LogP contribution in [0.15, 0.2) is 18.2 Å². The van der Waals surface area contributed by atoms with Crippen molar-refractivity contribution in [1.82, 2.24) is 15.5 Å². The average Bonchev–Trinajstić information content (AvgIpc) is 3.05. The molecular formula is C23H31ClN4O6. The van der Waals surface area contributed by atoms with Crippen LogP contribution in [-0.2, 0) is 14.4 Å². The van der Waals surface area contributed by atoms with Crippen molar-refractivity contribution in [2.75, 3.05) is 19.7 Å². The molecule has 2 aliphatic rings. The number of piperidine rings is 1. The molecule has 3 rings (SSSR count). The Morgan fingerprint density at radius 3 is 2.47 bits per heavy atom. The highest BCUT2D eigenvalue weighted by Crippen LogP contribution is 2.33. The minimum absolute atomic E-state index is 0. The monoisotopic (exact) mass is 494 g/mol. The molecule has 1 aromatic carbocycles. The predicted octanol–water partition coefficient (Wildman–Crippen LogP) is 1.30. The molecule has 0 spiro atoms. The van der Waals surface area contributed by atoms with Gasteiger partial charge >= 0.3 is 0 Å². The number of benzene rings is 1. The molecule has 1 fully saturated rings. The van der Waals surface area contributed by atoms with E-state index in [0.717, 1.165) is 50.0 Å². The van der Waals surface area contributed by atoms with Gasteiger partial charge in [-0.3, -0.25) is 34.2 Å². The third-order valence-electron chi connectivity index (χ3n) is 5.74. The van der Waals surface area contributed by atoms with Gasteiger partial charge < -0.3 is 15.8 Å². The number of carbonyl (C=O) groups excluding carboxylic acids is 5. The molecule has 4 N–H and O–H groups in total. The zero-order valence-corrected chi connectivity index (χ0v) is 19.8. The molecule has 0 aromatic heterocycles. The molecule has 5 amide bonds. The number of halogens is 1. The first-order chi connectivity index (χ1) is 15.9. The van der Waals surface area contributed by atoms with Gasteiger partial charge in [-0.15, -0.1) is 12.4 Å². The fraction of sp³-hybridized carbons (Fsp3) is 0.522. The Labute approximate surface area is 204 Å². The van der Waals surface area contributed by atoms with Crippen LogP contribution in [0.4, 0.5) is 0 Å². The summed E-state index contributed by atoms with van der Waals surface area (Å²) in [4.78, 5) is 62.4. The normalized spacial score (nSPS) is 17.2. The number of hydrogen-bond acceptors (Lipinski definition) is 7. The van der Waals surface area contributed by atoms with E-state index in [4.69, 9.17) is 10.5 Å². The van der Waals surface area contributed by atoms with Gasteiger partial charge in [0.05, 0.1) is 11.1 Å². The number of imide groups is 2. The van der Waals surface area contributed by atoms with Gasteiger partial charge in [0.2, 0.25) is 11.8 Å². The predicted molar refractivity (Wildman–Crippen MR) is 126 cm³/mol. The Morgan fingerprint density at radius 1 is 1.06 bits per heavy atom. The van der Waals surface area contributed by atoms with Crippen molar-refractivity contribution < 1.29 is 28.7 Å². The second-order valence-electron chi connectivity index (χ2n) is 8.17. The summed E-state index contributed by atoms with van der Waals surface area (Å²) in [5, 5.41) is 4.94. The Morgan fingerprint density at radius 2 is 1.76 bits per heavy atom. The third-order valence-corrected chi connectivity index (χ3v) is 5.74. The average molecular weight is 495 g/mol. The van der Waals surface area contributed by atoms with Crippen LogP contribution in [0.5, 0.6) is 5.75 Å². The smallest absolute Gasteiger partial charge is 0.266 e. The Balaban J connectivity index is 0.00000408. The van der Waals surface area contributed by atoms with Gasteiger partial charge in [-0.2, -0.15) is 0 Å². The highest BCUT2D eigenvalue weighted by atomic mass is 35.5. The second-order valence-corrected chi connectivity index (χ2v) is 8.17. The number of carbonyl (C=O) groups is 5. The van der Waals surface area contributed by atoms with Gasteiger partial charge in [0.15, 0.2) is 6.61 Å². The minimum atomic E-state index is -1.05. The molecule has 1 unspecified atom stereocenters. The quantitative estimate of drug-likeness (QED) is 0.293. The van der Waals surface area contributed by atoms with Crippen molar-refractivity contribution in [2.45, 2.75) is 57.4 Å². The summed E-state index contributed by atoms with van der Waals surface area (Å²) < 4.78 is 5.55. The first-order valence-corrected chi connectivity index (χ1v) is 11.4. The van der Waals surface area contributed by atoms with Gasteiger partial charge in [-0.1, -0.05) is 31.7 Å². The van der Waals surface area contributed by atoms with Crippen molar-refractivity contribution in [2.24, 2.45) is 5.73 Å². The van der Waals surface area contributed by atoms with Crippen LogP contribution in [0.1, 0.15) is 72.1 Å². The van der Waals surface area contributed by atoms with E-state index >= 15 is 0 Å². The lowest BCUT2D eigenvalue weighted by atomic mass is 10.0. The van der Waals surface area contributed by atoms with E-state index in [-0.39, 0.29) is 54.6 Å². The molecular weight excluding hydrogens is 464 g/mol. The van der Waals surface area contributed by atoms with Crippen LogP contribution >= 0.6 is 12.4 Å². The van der Waals surface area contributed by atoms with E-state index in [1.807, 2.05) is 0 Å². The number of ether oxygens (including phenoxy) is 1. The van der Waals surface area contributed by atoms with E-state index < -0.39 is 29.7 Å². The molecule has 1 atom stereocenters. The van der Waals surface area contributed by atoms with Crippen LogP contribution in [0, 0.1) is 0 Å². The minimum Gasteiger partial charge on any atom is -0.483 e. The molecule has 1 saturated heterocycles. The fourth-order valence-corrected chi connectivity index (χ4v) is 4.00. The topological polar surface area (TPSA) is 148 Å². The largest absolute Gasteiger partial charge is 0.483 e. The SMILES string of the molecule is Cl.NCCCCCCCCNC(=O)COc1cccc2c1C(=O)N(C1CCC(=O)NC1=O)C2=O. The van der Waals surface area contributed by atoms with Gasteiger partial charge in [0.25, 0.3) is 17.7 Å². The molecule has 0 radical (unpaired) electrons. The summed E-state index contributed by atoms with van der Waals surface area (Å²) in [5.41, 5.74) is 5.60. The number of nitrogens with zero attached hydrogens (tertiary/aromatic N) is 1. The molecule has 34 heavy (non-hydrogen) atoms. The number of hydrogen-bond donors (Lipinski definition) is 3. The van der Waals surface area contributed by atoms with Gasteiger partial charge in [-0.05, 0) is 37.9 Å². The highest BCUT2D eigenvalue weighted by Gasteiger charge is 2.46. The zero-order chi connectivity index (χ0) is 23.8. The lowest BCUT2D eigenvalue weighted by Gasteiger charge is -2.27. The Bertz CT molecular complexity index is 938. The molecule has 10 nitrogen and oxygen atoms in total. The molecule has 0 bridgehead atoms. The molecule has 11 heteroatoms. The van der Waals surface area contributed by atoms with E-state index in [1.165, 1.54) is 12.1 Å². The van der Waals surface area contributed by atoms with Crippen molar-refractivity contribution >= 4 is 41.9 Å². The van der Waals surface area contributed by atoms with Crippen molar-refractivity contribution in [3.05, 3.63) is 29.3 Å². The number of amides is 5. The maximum Gasteiger partial charge on any atom is 0.266 e. The van der Waals surface area contributed by atoms with Crippen molar-refractivity contribution in [1.29, 1.82) is 0 Å². The number of nitrogens with two attached hydrogens (primary N) is 1.